The van der Waals surface area contributed by atoms with E-state index in [1.807, 2.05) is 49.4 Å². The van der Waals surface area contributed by atoms with Crippen molar-refractivity contribution < 1.29 is 9.47 Å². The number of ether oxygens (including phenoxy) is 2. The Morgan fingerprint density at radius 1 is 1.00 bits per heavy atom. The normalized spacial score (nSPS) is 10.3. The summed E-state index contributed by atoms with van der Waals surface area (Å²) < 4.78 is 10.7. The molecular weight excluding hydrogens is 330 g/mol. The number of nitrogens with one attached hydrogen (secondary N) is 2. The van der Waals surface area contributed by atoms with Gasteiger partial charge in [0.05, 0.1) is 32.1 Å². The Bertz CT molecular complexity index is 871. The van der Waals surface area contributed by atoms with Crippen molar-refractivity contribution in [1.29, 1.82) is 0 Å². The zero-order valence-electron chi connectivity index (χ0n) is 15.0. The molecule has 0 radical (unpaired) electrons. The predicted molar refractivity (Wildman–Crippen MR) is 101 cm³/mol. The Labute approximate surface area is 152 Å². The van der Waals surface area contributed by atoms with Gasteiger partial charge in [-0.05, 0) is 31.2 Å². The summed E-state index contributed by atoms with van der Waals surface area (Å²) in [5.74, 6) is 2.58. The molecule has 3 rings (SSSR count). The van der Waals surface area contributed by atoms with Gasteiger partial charge in [0.1, 0.15) is 17.3 Å². The van der Waals surface area contributed by atoms with E-state index in [9.17, 15) is 0 Å². The maximum absolute atomic E-state index is 5.39. The number of hydrogen-bond donors (Lipinski definition) is 2. The highest BCUT2D eigenvalue weighted by Crippen LogP contribution is 2.30. The van der Waals surface area contributed by atoms with Crippen molar-refractivity contribution in [3.63, 3.8) is 0 Å². The van der Waals surface area contributed by atoms with E-state index >= 15 is 0 Å². The van der Waals surface area contributed by atoms with E-state index in [2.05, 4.69) is 25.6 Å². The van der Waals surface area contributed by atoms with E-state index in [4.69, 9.17) is 9.47 Å². The predicted octanol–water partition coefficient (Wildman–Crippen LogP) is 3.55. The molecule has 0 aliphatic carbocycles. The van der Waals surface area contributed by atoms with E-state index in [-0.39, 0.29) is 0 Å². The number of benzene rings is 1. The number of nitrogens with zero attached hydrogens (tertiary/aromatic N) is 3. The number of pyridine rings is 1. The molecular formula is C19H21N5O2. The van der Waals surface area contributed by atoms with Crippen molar-refractivity contribution in [2.24, 2.45) is 0 Å². The van der Waals surface area contributed by atoms with E-state index in [0.717, 1.165) is 22.8 Å². The van der Waals surface area contributed by atoms with E-state index in [1.54, 1.807) is 20.4 Å². The summed E-state index contributed by atoms with van der Waals surface area (Å²) in [4.78, 5) is 13.3. The minimum atomic E-state index is 0.472. The van der Waals surface area contributed by atoms with Crippen molar-refractivity contribution in [3.05, 3.63) is 60.0 Å². The molecule has 7 heteroatoms. The van der Waals surface area contributed by atoms with Gasteiger partial charge < -0.3 is 20.1 Å². The van der Waals surface area contributed by atoms with Crippen molar-refractivity contribution >= 4 is 17.5 Å². The van der Waals surface area contributed by atoms with E-state index in [0.29, 0.717) is 24.1 Å². The molecule has 0 bridgehead atoms. The molecule has 2 N–H and O–H groups in total. The molecule has 134 valence electrons. The van der Waals surface area contributed by atoms with Crippen LogP contribution in [0.3, 0.4) is 0 Å². The van der Waals surface area contributed by atoms with Gasteiger partial charge in [0.2, 0.25) is 5.95 Å². The quantitative estimate of drug-likeness (QED) is 0.673. The van der Waals surface area contributed by atoms with Crippen LogP contribution in [0, 0.1) is 6.92 Å². The average molecular weight is 351 g/mol. The smallest absolute Gasteiger partial charge is 0.229 e. The van der Waals surface area contributed by atoms with Crippen LogP contribution in [0.5, 0.6) is 11.5 Å². The monoisotopic (exact) mass is 351 g/mol. The lowest BCUT2D eigenvalue weighted by atomic mass is 10.2. The van der Waals surface area contributed by atoms with Crippen molar-refractivity contribution in [2.75, 3.05) is 24.9 Å². The summed E-state index contributed by atoms with van der Waals surface area (Å²) in [6, 6.07) is 13.2. The summed E-state index contributed by atoms with van der Waals surface area (Å²) in [5, 5.41) is 6.46. The number of rotatable bonds is 7. The van der Waals surface area contributed by atoms with Crippen LogP contribution in [0.15, 0.2) is 48.7 Å². The molecule has 2 heterocycles. The minimum absolute atomic E-state index is 0.472. The fraction of sp³-hybridized carbons (Fsp3) is 0.211. The molecule has 2 aromatic heterocycles. The van der Waals surface area contributed by atoms with Crippen LogP contribution in [0.2, 0.25) is 0 Å². The summed E-state index contributed by atoms with van der Waals surface area (Å²) in [6.45, 7) is 2.50. The Morgan fingerprint density at radius 3 is 2.62 bits per heavy atom. The molecule has 0 aliphatic heterocycles. The molecule has 7 nitrogen and oxygen atoms in total. The van der Waals surface area contributed by atoms with Crippen molar-refractivity contribution in [3.8, 4) is 11.5 Å². The van der Waals surface area contributed by atoms with E-state index in [1.165, 1.54) is 0 Å². The van der Waals surface area contributed by atoms with Crippen LogP contribution >= 0.6 is 0 Å². The molecule has 0 fully saturated rings. The molecule has 0 amide bonds. The third-order valence-corrected chi connectivity index (χ3v) is 3.68. The maximum atomic E-state index is 5.39. The molecule has 26 heavy (non-hydrogen) atoms. The first-order valence-electron chi connectivity index (χ1n) is 8.16. The van der Waals surface area contributed by atoms with Crippen LogP contribution in [-0.2, 0) is 6.54 Å². The van der Waals surface area contributed by atoms with Gasteiger partial charge in [-0.15, -0.1) is 0 Å². The highest BCUT2D eigenvalue weighted by Gasteiger charge is 2.09. The molecule has 0 spiro atoms. The highest BCUT2D eigenvalue weighted by molar-refractivity contribution is 5.65. The summed E-state index contributed by atoms with van der Waals surface area (Å²) in [7, 11) is 3.23. The SMILES string of the molecule is COc1ccc(OC)c(Nc2nc(C)cc(NCc3ccccn3)n2)c1. The molecule has 0 saturated heterocycles. The Hall–Kier alpha value is -3.35. The zero-order chi connectivity index (χ0) is 18.4. The topological polar surface area (TPSA) is 81.2 Å². The third kappa shape index (κ3) is 4.38. The molecule has 3 aromatic rings. The van der Waals surface area contributed by atoms with Gasteiger partial charge in [0, 0.05) is 24.0 Å². The van der Waals surface area contributed by atoms with E-state index < -0.39 is 0 Å². The van der Waals surface area contributed by atoms with Crippen LogP contribution in [0.1, 0.15) is 11.4 Å². The van der Waals surface area contributed by atoms with Gasteiger partial charge in [-0.3, -0.25) is 4.98 Å². The van der Waals surface area contributed by atoms with Gasteiger partial charge in [0.15, 0.2) is 0 Å². The van der Waals surface area contributed by atoms with Gasteiger partial charge >= 0.3 is 0 Å². The van der Waals surface area contributed by atoms with Gasteiger partial charge in [-0.25, -0.2) is 4.98 Å². The lowest BCUT2D eigenvalue weighted by molar-refractivity contribution is 0.405. The fourth-order valence-corrected chi connectivity index (χ4v) is 2.43. The van der Waals surface area contributed by atoms with Crippen LogP contribution < -0.4 is 20.1 Å². The molecule has 0 aliphatic rings. The van der Waals surface area contributed by atoms with Gasteiger partial charge in [-0.1, -0.05) is 6.07 Å². The molecule has 1 aromatic carbocycles. The lowest BCUT2D eigenvalue weighted by Crippen LogP contribution is -2.07. The van der Waals surface area contributed by atoms with Crippen LogP contribution in [-0.4, -0.2) is 29.2 Å². The second-order valence-electron chi connectivity index (χ2n) is 5.58. The molecule has 0 saturated carbocycles. The first kappa shape index (κ1) is 17.5. The Morgan fingerprint density at radius 2 is 1.88 bits per heavy atom. The van der Waals surface area contributed by atoms with Crippen LogP contribution in [0.25, 0.3) is 0 Å². The summed E-state index contributed by atoms with van der Waals surface area (Å²) in [5.41, 5.74) is 2.51. The lowest BCUT2D eigenvalue weighted by Gasteiger charge is -2.13. The van der Waals surface area contributed by atoms with Crippen molar-refractivity contribution in [1.82, 2.24) is 15.0 Å². The zero-order valence-corrected chi connectivity index (χ0v) is 15.0. The summed E-state index contributed by atoms with van der Waals surface area (Å²) in [6.07, 6.45) is 1.77. The number of aromatic nitrogens is 3. The third-order valence-electron chi connectivity index (χ3n) is 3.68. The first-order valence-corrected chi connectivity index (χ1v) is 8.16. The van der Waals surface area contributed by atoms with Crippen molar-refractivity contribution in [2.45, 2.75) is 13.5 Å². The molecule has 0 atom stereocenters. The van der Waals surface area contributed by atoms with Gasteiger partial charge in [-0.2, -0.15) is 4.98 Å². The largest absolute Gasteiger partial charge is 0.497 e. The Balaban J connectivity index is 1.79. The number of anilines is 3. The minimum Gasteiger partial charge on any atom is -0.497 e. The summed E-state index contributed by atoms with van der Waals surface area (Å²) >= 11 is 0. The van der Waals surface area contributed by atoms with Gasteiger partial charge in [0.25, 0.3) is 0 Å². The second kappa shape index (κ2) is 8.15. The second-order valence-corrected chi connectivity index (χ2v) is 5.58. The number of hydrogen-bond acceptors (Lipinski definition) is 7. The fourth-order valence-electron chi connectivity index (χ4n) is 2.43. The first-order chi connectivity index (χ1) is 12.7. The average Bonchev–Trinajstić information content (AvgIpc) is 2.66. The number of aryl methyl sites for hydroxylation is 1. The number of methoxy groups -OCH3 is 2. The Kier molecular flexibility index (Phi) is 5.48. The highest BCUT2D eigenvalue weighted by atomic mass is 16.5. The standard InChI is InChI=1S/C19H21N5O2/c1-13-10-18(21-12-14-6-4-5-9-20-14)24-19(22-13)23-16-11-15(25-2)7-8-17(16)26-3/h4-11H,12H2,1-3H3,(H2,21,22,23,24). The maximum Gasteiger partial charge on any atom is 0.229 e. The van der Waals surface area contributed by atoms with Crippen LogP contribution in [0.4, 0.5) is 17.5 Å². The molecule has 0 unspecified atom stereocenters.